The van der Waals surface area contributed by atoms with Crippen molar-refractivity contribution in [2.45, 2.75) is 52.6 Å². The monoisotopic (exact) mass is 289 g/mol. The summed E-state index contributed by atoms with van der Waals surface area (Å²) < 4.78 is 7.58. The number of hydrogen-bond acceptors (Lipinski definition) is 3. The molecule has 4 heteroatoms. The molecule has 0 amide bonds. The number of aromatic nitrogens is 2. The Kier molecular flexibility index (Phi) is 5.23. The molecule has 0 aliphatic carbocycles. The molecule has 0 radical (unpaired) electrons. The van der Waals surface area contributed by atoms with E-state index >= 15 is 0 Å². The maximum atomic E-state index is 6.39. The lowest BCUT2D eigenvalue weighted by atomic mass is 10.0. The summed E-state index contributed by atoms with van der Waals surface area (Å²) in [6, 6.07) is 6.05. The molecule has 0 spiro atoms. The van der Waals surface area contributed by atoms with Gasteiger partial charge in [-0.2, -0.15) is 0 Å². The van der Waals surface area contributed by atoms with Crippen molar-refractivity contribution in [3.05, 3.63) is 24.0 Å². The second-order valence-corrected chi connectivity index (χ2v) is 6.07. The van der Waals surface area contributed by atoms with Crippen LogP contribution in [0.15, 0.2) is 18.2 Å². The Morgan fingerprint density at radius 1 is 1.33 bits per heavy atom. The number of nitrogens with zero attached hydrogens (tertiary/aromatic N) is 2. The summed E-state index contributed by atoms with van der Waals surface area (Å²) >= 11 is 0. The van der Waals surface area contributed by atoms with Crippen molar-refractivity contribution in [1.82, 2.24) is 9.55 Å². The average Bonchev–Trinajstić information content (AvgIpc) is 2.82. The predicted octanol–water partition coefficient (Wildman–Crippen LogP) is 3.89. The second kappa shape index (κ2) is 6.94. The molecule has 0 saturated heterocycles. The van der Waals surface area contributed by atoms with Crippen LogP contribution in [-0.2, 0) is 6.54 Å². The summed E-state index contributed by atoms with van der Waals surface area (Å²) in [6.07, 6.45) is 3.25. The Bertz CT molecular complexity index is 589. The van der Waals surface area contributed by atoms with E-state index in [0.29, 0.717) is 5.92 Å². The van der Waals surface area contributed by atoms with Crippen LogP contribution in [-0.4, -0.2) is 16.7 Å². The maximum Gasteiger partial charge on any atom is 0.126 e. The van der Waals surface area contributed by atoms with Crippen LogP contribution in [0.3, 0.4) is 0 Å². The lowest BCUT2D eigenvalue weighted by Crippen LogP contribution is -2.18. The molecule has 21 heavy (non-hydrogen) atoms. The van der Waals surface area contributed by atoms with Gasteiger partial charge in [-0.05, 0) is 30.9 Å². The Labute approximate surface area is 127 Å². The first-order valence-electron chi connectivity index (χ1n) is 7.86. The molecule has 0 fully saturated rings. The molecule has 116 valence electrons. The largest absolute Gasteiger partial charge is 0.497 e. The van der Waals surface area contributed by atoms with Crippen LogP contribution in [0.2, 0.25) is 0 Å². The number of imidazole rings is 1. The molecule has 4 nitrogen and oxygen atoms in total. The third kappa shape index (κ3) is 3.56. The quantitative estimate of drug-likeness (QED) is 0.841. The highest BCUT2D eigenvalue weighted by Crippen LogP contribution is 2.26. The molecule has 0 aliphatic rings. The van der Waals surface area contributed by atoms with Gasteiger partial charge in [0.25, 0.3) is 0 Å². The van der Waals surface area contributed by atoms with E-state index in [1.165, 1.54) is 0 Å². The lowest BCUT2D eigenvalue weighted by Gasteiger charge is -2.16. The first-order chi connectivity index (χ1) is 10.1. The van der Waals surface area contributed by atoms with E-state index in [2.05, 4.69) is 31.4 Å². The van der Waals surface area contributed by atoms with Gasteiger partial charge < -0.3 is 15.0 Å². The summed E-state index contributed by atoms with van der Waals surface area (Å²) in [5, 5.41) is 0. The Morgan fingerprint density at radius 3 is 2.71 bits per heavy atom. The standard InChI is InChI=1S/C17H27N3O/c1-5-6-9-20-16-8-7-13(21-4)11-15(16)19-17(20)14(18)10-12(2)3/h7-8,11-12,14H,5-6,9-10,18H2,1-4H3. The zero-order chi connectivity index (χ0) is 15.4. The van der Waals surface area contributed by atoms with Crippen molar-refractivity contribution in [2.75, 3.05) is 7.11 Å². The third-order valence-electron chi connectivity index (χ3n) is 3.78. The molecule has 1 aromatic heterocycles. The van der Waals surface area contributed by atoms with Crippen LogP contribution < -0.4 is 10.5 Å². The smallest absolute Gasteiger partial charge is 0.126 e. The van der Waals surface area contributed by atoms with Crippen molar-refractivity contribution >= 4 is 11.0 Å². The Balaban J connectivity index is 2.45. The zero-order valence-electron chi connectivity index (χ0n) is 13.6. The average molecular weight is 289 g/mol. The normalized spacial score (nSPS) is 13.0. The van der Waals surface area contributed by atoms with Gasteiger partial charge in [-0.3, -0.25) is 0 Å². The number of methoxy groups -OCH3 is 1. The molecule has 2 rings (SSSR count). The van der Waals surface area contributed by atoms with Gasteiger partial charge in [0.1, 0.15) is 11.6 Å². The van der Waals surface area contributed by atoms with Gasteiger partial charge >= 0.3 is 0 Å². The fraction of sp³-hybridized carbons (Fsp3) is 0.588. The molecule has 2 N–H and O–H groups in total. The van der Waals surface area contributed by atoms with Gasteiger partial charge in [-0.15, -0.1) is 0 Å². The number of unbranched alkanes of at least 4 members (excludes halogenated alkanes) is 1. The summed E-state index contributed by atoms with van der Waals surface area (Å²) in [5.74, 6) is 2.40. The van der Waals surface area contributed by atoms with Crippen LogP contribution in [0, 0.1) is 5.92 Å². The van der Waals surface area contributed by atoms with Crippen molar-refractivity contribution in [3.8, 4) is 5.75 Å². The lowest BCUT2D eigenvalue weighted by molar-refractivity contribution is 0.415. The van der Waals surface area contributed by atoms with Crippen LogP contribution in [0.25, 0.3) is 11.0 Å². The minimum atomic E-state index is -0.0137. The van der Waals surface area contributed by atoms with Gasteiger partial charge in [-0.1, -0.05) is 27.2 Å². The molecule has 2 aromatic rings. The fourth-order valence-corrected chi connectivity index (χ4v) is 2.70. The minimum absolute atomic E-state index is 0.0137. The molecule has 1 atom stereocenters. The first-order valence-corrected chi connectivity index (χ1v) is 7.86. The van der Waals surface area contributed by atoms with Crippen LogP contribution in [0.4, 0.5) is 0 Å². The van der Waals surface area contributed by atoms with Crippen molar-refractivity contribution < 1.29 is 4.74 Å². The highest BCUT2D eigenvalue weighted by atomic mass is 16.5. The summed E-state index contributed by atoms with van der Waals surface area (Å²) in [5.41, 5.74) is 8.51. The molecule has 1 aromatic carbocycles. The topological polar surface area (TPSA) is 53.1 Å². The number of benzene rings is 1. The van der Waals surface area contributed by atoms with E-state index in [0.717, 1.165) is 48.4 Å². The number of fused-ring (bicyclic) bond motifs is 1. The Morgan fingerprint density at radius 2 is 2.10 bits per heavy atom. The zero-order valence-corrected chi connectivity index (χ0v) is 13.6. The van der Waals surface area contributed by atoms with Gasteiger partial charge in [0.2, 0.25) is 0 Å². The minimum Gasteiger partial charge on any atom is -0.497 e. The fourth-order valence-electron chi connectivity index (χ4n) is 2.70. The van der Waals surface area contributed by atoms with E-state index in [4.69, 9.17) is 15.5 Å². The van der Waals surface area contributed by atoms with Crippen molar-refractivity contribution in [3.63, 3.8) is 0 Å². The molecular weight excluding hydrogens is 262 g/mol. The molecular formula is C17H27N3O. The van der Waals surface area contributed by atoms with E-state index in [9.17, 15) is 0 Å². The van der Waals surface area contributed by atoms with Gasteiger partial charge in [0.15, 0.2) is 0 Å². The van der Waals surface area contributed by atoms with Crippen LogP contribution in [0.1, 0.15) is 51.9 Å². The highest BCUT2D eigenvalue weighted by molar-refractivity contribution is 5.78. The van der Waals surface area contributed by atoms with E-state index < -0.39 is 0 Å². The third-order valence-corrected chi connectivity index (χ3v) is 3.78. The summed E-state index contributed by atoms with van der Waals surface area (Å²) in [6.45, 7) is 7.57. The number of hydrogen-bond donors (Lipinski definition) is 1. The SMILES string of the molecule is CCCCn1c(C(N)CC(C)C)nc2cc(OC)ccc21. The van der Waals surface area contributed by atoms with Crippen molar-refractivity contribution in [1.29, 1.82) is 0 Å². The van der Waals surface area contributed by atoms with E-state index in [1.807, 2.05) is 12.1 Å². The number of aryl methyl sites for hydroxylation is 1. The number of ether oxygens (including phenoxy) is 1. The van der Waals surface area contributed by atoms with Gasteiger partial charge in [0.05, 0.1) is 24.2 Å². The predicted molar refractivity (Wildman–Crippen MR) is 87.6 cm³/mol. The summed E-state index contributed by atoms with van der Waals surface area (Å²) in [4.78, 5) is 4.79. The molecule has 0 bridgehead atoms. The number of rotatable bonds is 7. The molecule has 0 saturated carbocycles. The van der Waals surface area contributed by atoms with Gasteiger partial charge in [-0.25, -0.2) is 4.98 Å². The van der Waals surface area contributed by atoms with E-state index in [1.54, 1.807) is 7.11 Å². The molecule has 0 aliphatic heterocycles. The number of nitrogens with two attached hydrogens (primary N) is 1. The maximum absolute atomic E-state index is 6.39. The van der Waals surface area contributed by atoms with Gasteiger partial charge in [0, 0.05) is 12.6 Å². The van der Waals surface area contributed by atoms with Crippen LogP contribution >= 0.6 is 0 Å². The van der Waals surface area contributed by atoms with Crippen LogP contribution in [0.5, 0.6) is 5.75 Å². The highest BCUT2D eigenvalue weighted by Gasteiger charge is 2.18. The molecule has 1 heterocycles. The van der Waals surface area contributed by atoms with Crippen molar-refractivity contribution in [2.24, 2.45) is 11.7 Å². The molecule has 1 unspecified atom stereocenters. The Hall–Kier alpha value is -1.55. The second-order valence-electron chi connectivity index (χ2n) is 6.07. The summed E-state index contributed by atoms with van der Waals surface area (Å²) in [7, 11) is 1.68. The van der Waals surface area contributed by atoms with E-state index in [-0.39, 0.29) is 6.04 Å². The first kappa shape index (κ1) is 15.8.